The van der Waals surface area contributed by atoms with Crippen LogP contribution in [0.5, 0.6) is 0 Å². The van der Waals surface area contributed by atoms with Gasteiger partial charge in [0, 0.05) is 24.7 Å². The number of amides is 1. The Labute approximate surface area is 115 Å². The molecule has 0 radical (unpaired) electrons. The minimum atomic E-state index is 0.0245. The minimum Gasteiger partial charge on any atom is -0.399 e. The van der Waals surface area contributed by atoms with Crippen molar-refractivity contribution >= 4 is 23.0 Å². The summed E-state index contributed by atoms with van der Waals surface area (Å²) in [5.74, 6) is 0.0245. The van der Waals surface area contributed by atoms with Gasteiger partial charge in [-0.1, -0.05) is 6.92 Å². The zero-order valence-electron chi connectivity index (χ0n) is 11.8. The minimum absolute atomic E-state index is 0.0245. The lowest BCUT2D eigenvalue weighted by Crippen LogP contribution is -2.38. The molecule has 3 N–H and O–H groups in total. The molecule has 0 saturated carbocycles. The van der Waals surface area contributed by atoms with Crippen molar-refractivity contribution in [2.45, 2.75) is 45.6 Å². The maximum Gasteiger partial charge on any atom is 0.224 e. The van der Waals surface area contributed by atoms with Gasteiger partial charge in [-0.25, -0.2) is 0 Å². The largest absolute Gasteiger partial charge is 0.399 e. The second kappa shape index (κ2) is 5.95. The highest BCUT2D eigenvalue weighted by Gasteiger charge is 2.21. The van der Waals surface area contributed by atoms with Gasteiger partial charge in [0.05, 0.1) is 11.4 Å². The molecule has 0 aromatic heterocycles. The maximum atomic E-state index is 11.6. The Kier molecular flexibility index (Phi) is 4.30. The highest BCUT2D eigenvalue weighted by molar-refractivity contribution is 5.95. The molecule has 1 saturated heterocycles. The average molecular weight is 261 g/mol. The molecule has 1 aromatic carbocycles. The molecule has 1 amide bonds. The third-order valence-electron chi connectivity index (χ3n) is 3.73. The topological polar surface area (TPSA) is 58.4 Å². The first-order chi connectivity index (χ1) is 9.11. The Morgan fingerprint density at radius 2 is 2.26 bits per heavy atom. The Hall–Kier alpha value is -1.71. The smallest absolute Gasteiger partial charge is 0.224 e. The number of piperidine rings is 1. The van der Waals surface area contributed by atoms with Gasteiger partial charge in [-0.05, 0) is 44.4 Å². The molecule has 1 atom stereocenters. The molecule has 0 aliphatic carbocycles. The van der Waals surface area contributed by atoms with E-state index >= 15 is 0 Å². The second-order valence-corrected chi connectivity index (χ2v) is 5.22. The molecule has 1 aromatic rings. The lowest BCUT2D eigenvalue weighted by molar-refractivity contribution is -0.115. The molecular formula is C15H23N3O. The summed E-state index contributed by atoms with van der Waals surface area (Å²) in [7, 11) is 0. The number of hydrogen-bond acceptors (Lipinski definition) is 3. The molecule has 4 heteroatoms. The fourth-order valence-electron chi connectivity index (χ4n) is 2.60. The number of nitrogens with one attached hydrogen (secondary N) is 1. The van der Waals surface area contributed by atoms with E-state index in [4.69, 9.17) is 5.73 Å². The first-order valence-electron chi connectivity index (χ1n) is 7.08. The van der Waals surface area contributed by atoms with E-state index in [0.29, 0.717) is 18.2 Å². The highest BCUT2D eigenvalue weighted by Crippen LogP contribution is 2.32. The Morgan fingerprint density at radius 3 is 2.95 bits per heavy atom. The van der Waals surface area contributed by atoms with E-state index < -0.39 is 0 Å². The van der Waals surface area contributed by atoms with Crippen molar-refractivity contribution in [2.75, 3.05) is 22.5 Å². The molecule has 4 nitrogen and oxygen atoms in total. The molecule has 1 aliphatic heterocycles. The number of hydrogen-bond donors (Lipinski definition) is 2. The zero-order valence-corrected chi connectivity index (χ0v) is 11.8. The molecule has 1 fully saturated rings. The van der Waals surface area contributed by atoms with Crippen molar-refractivity contribution in [3.63, 3.8) is 0 Å². The van der Waals surface area contributed by atoms with Crippen molar-refractivity contribution in [1.29, 1.82) is 0 Å². The summed E-state index contributed by atoms with van der Waals surface area (Å²) in [6.45, 7) is 5.13. The summed E-state index contributed by atoms with van der Waals surface area (Å²) in [6, 6.07) is 6.28. The van der Waals surface area contributed by atoms with Crippen molar-refractivity contribution in [1.82, 2.24) is 0 Å². The Morgan fingerprint density at radius 1 is 1.47 bits per heavy atom. The lowest BCUT2D eigenvalue weighted by atomic mass is 10.0. The average Bonchev–Trinajstić information content (AvgIpc) is 2.40. The molecule has 0 spiro atoms. The van der Waals surface area contributed by atoms with Crippen LogP contribution in [-0.4, -0.2) is 18.5 Å². The molecule has 19 heavy (non-hydrogen) atoms. The maximum absolute atomic E-state index is 11.6. The number of nitrogen functional groups attached to an aromatic ring is 1. The molecule has 0 bridgehead atoms. The number of rotatable bonds is 3. The highest BCUT2D eigenvalue weighted by atomic mass is 16.1. The third kappa shape index (κ3) is 3.19. The normalized spacial score (nSPS) is 19.3. The van der Waals surface area contributed by atoms with Crippen molar-refractivity contribution in [2.24, 2.45) is 0 Å². The van der Waals surface area contributed by atoms with E-state index in [1.165, 1.54) is 19.3 Å². The Balaban J connectivity index is 2.30. The van der Waals surface area contributed by atoms with Gasteiger partial charge in [0.2, 0.25) is 5.91 Å². The first kappa shape index (κ1) is 13.7. The van der Waals surface area contributed by atoms with Gasteiger partial charge in [0.25, 0.3) is 0 Å². The van der Waals surface area contributed by atoms with Crippen LogP contribution in [-0.2, 0) is 4.79 Å². The Bertz CT molecular complexity index is 459. The standard InChI is InChI=1S/C15H23N3O/c1-3-15(19)17-13-10-12(16)7-8-14(13)18-9-5-4-6-11(18)2/h7-8,10-11H,3-6,9,16H2,1-2H3,(H,17,19)/t11-/m1/s1. The molecule has 1 aliphatic rings. The van der Waals surface area contributed by atoms with Crippen molar-refractivity contribution in [3.05, 3.63) is 18.2 Å². The van der Waals surface area contributed by atoms with Crippen molar-refractivity contribution in [3.8, 4) is 0 Å². The summed E-state index contributed by atoms with van der Waals surface area (Å²) in [4.78, 5) is 14.0. The van der Waals surface area contributed by atoms with Crippen LogP contribution in [0.15, 0.2) is 18.2 Å². The van der Waals surface area contributed by atoms with Crippen LogP contribution < -0.4 is 16.0 Å². The van der Waals surface area contributed by atoms with Gasteiger partial charge in [-0.3, -0.25) is 4.79 Å². The number of carbonyl (C=O) groups excluding carboxylic acids is 1. The molecular weight excluding hydrogens is 238 g/mol. The van der Waals surface area contributed by atoms with Crippen LogP contribution >= 0.6 is 0 Å². The predicted octanol–water partition coefficient (Wildman–Crippen LogP) is 3.00. The lowest BCUT2D eigenvalue weighted by Gasteiger charge is -2.36. The van der Waals surface area contributed by atoms with Gasteiger partial charge in [0.1, 0.15) is 0 Å². The van der Waals surface area contributed by atoms with Gasteiger partial charge in [-0.15, -0.1) is 0 Å². The van der Waals surface area contributed by atoms with Crippen molar-refractivity contribution < 1.29 is 4.79 Å². The van der Waals surface area contributed by atoms with E-state index in [-0.39, 0.29) is 5.91 Å². The summed E-state index contributed by atoms with van der Waals surface area (Å²) < 4.78 is 0. The van der Waals surface area contributed by atoms with Crippen LogP contribution in [0.2, 0.25) is 0 Å². The molecule has 104 valence electrons. The van der Waals surface area contributed by atoms with Crippen LogP contribution in [0.1, 0.15) is 39.5 Å². The summed E-state index contributed by atoms with van der Waals surface area (Å²) in [5.41, 5.74) is 8.44. The first-order valence-corrected chi connectivity index (χ1v) is 7.08. The number of nitrogens with zero attached hydrogens (tertiary/aromatic N) is 1. The summed E-state index contributed by atoms with van der Waals surface area (Å²) >= 11 is 0. The second-order valence-electron chi connectivity index (χ2n) is 5.22. The molecule has 0 unspecified atom stereocenters. The van der Waals surface area contributed by atoms with Crippen LogP contribution in [0.3, 0.4) is 0 Å². The third-order valence-corrected chi connectivity index (χ3v) is 3.73. The van der Waals surface area contributed by atoms with E-state index in [1.807, 2.05) is 25.1 Å². The number of anilines is 3. The van der Waals surface area contributed by atoms with Gasteiger partial charge in [-0.2, -0.15) is 0 Å². The van der Waals surface area contributed by atoms with Crippen LogP contribution in [0.25, 0.3) is 0 Å². The van der Waals surface area contributed by atoms with Crippen LogP contribution in [0.4, 0.5) is 17.1 Å². The fourth-order valence-corrected chi connectivity index (χ4v) is 2.60. The number of benzene rings is 1. The SMILES string of the molecule is CCC(=O)Nc1cc(N)ccc1N1CCCC[C@H]1C. The van der Waals surface area contributed by atoms with E-state index in [9.17, 15) is 4.79 Å². The van der Waals surface area contributed by atoms with E-state index in [0.717, 1.165) is 17.9 Å². The predicted molar refractivity (Wildman–Crippen MR) is 80.4 cm³/mol. The monoisotopic (exact) mass is 261 g/mol. The molecule has 1 heterocycles. The quantitative estimate of drug-likeness (QED) is 0.822. The van der Waals surface area contributed by atoms with Gasteiger partial charge in [0.15, 0.2) is 0 Å². The summed E-state index contributed by atoms with van der Waals surface area (Å²) in [6.07, 6.45) is 4.16. The zero-order chi connectivity index (χ0) is 13.8. The number of nitrogens with two attached hydrogens (primary N) is 1. The molecule has 2 rings (SSSR count). The summed E-state index contributed by atoms with van der Waals surface area (Å²) in [5, 5.41) is 2.96. The van der Waals surface area contributed by atoms with Crippen LogP contribution in [0, 0.1) is 0 Å². The van der Waals surface area contributed by atoms with Gasteiger partial charge < -0.3 is 16.0 Å². The van der Waals surface area contributed by atoms with Gasteiger partial charge >= 0.3 is 0 Å². The van der Waals surface area contributed by atoms with E-state index in [1.54, 1.807) is 0 Å². The number of carbonyl (C=O) groups is 1. The van der Waals surface area contributed by atoms with E-state index in [2.05, 4.69) is 17.1 Å². The fraction of sp³-hybridized carbons (Fsp3) is 0.533.